The minimum absolute atomic E-state index is 0.334. The molecule has 1 atom stereocenters. The van der Waals surface area contributed by atoms with Crippen molar-refractivity contribution in [3.05, 3.63) is 66.1 Å². The summed E-state index contributed by atoms with van der Waals surface area (Å²) >= 11 is -2.36. The van der Waals surface area contributed by atoms with Gasteiger partial charge in [0.2, 0.25) is 5.95 Å². The highest BCUT2D eigenvalue weighted by molar-refractivity contribution is 7.76. The van der Waals surface area contributed by atoms with E-state index in [-0.39, 0.29) is 5.82 Å². The summed E-state index contributed by atoms with van der Waals surface area (Å²) in [7, 11) is 1.83. The van der Waals surface area contributed by atoms with Crippen LogP contribution in [0.2, 0.25) is 0 Å². The van der Waals surface area contributed by atoms with Crippen LogP contribution < -0.4 is 15.4 Å². The predicted octanol–water partition coefficient (Wildman–Crippen LogP) is 3.05. The van der Waals surface area contributed by atoms with Crippen LogP contribution in [0.15, 0.2) is 54.7 Å². The lowest BCUT2D eigenvalue weighted by atomic mass is 10.2. The first-order chi connectivity index (χ1) is 14.3. The molecule has 0 aliphatic heterocycles. The zero-order valence-corrected chi connectivity index (χ0v) is 17.0. The molecule has 0 bridgehead atoms. The topological polar surface area (TPSA) is 136 Å². The second kappa shape index (κ2) is 9.39. The Morgan fingerprint density at radius 3 is 2.70 bits per heavy atom. The molecule has 0 spiro atoms. The Balaban J connectivity index is 0.000000589. The van der Waals surface area contributed by atoms with Gasteiger partial charge in [-0.05, 0) is 42.8 Å². The van der Waals surface area contributed by atoms with E-state index in [1.807, 2.05) is 44.3 Å². The number of benzene rings is 2. The Kier molecular flexibility index (Phi) is 6.67. The molecule has 30 heavy (non-hydrogen) atoms. The first kappa shape index (κ1) is 21.3. The summed E-state index contributed by atoms with van der Waals surface area (Å²) in [5.74, 6) is 1.39. The molecule has 156 valence electrons. The highest BCUT2D eigenvalue weighted by Crippen LogP contribution is 2.29. The van der Waals surface area contributed by atoms with Crippen molar-refractivity contribution in [2.24, 2.45) is 5.14 Å². The van der Waals surface area contributed by atoms with Gasteiger partial charge in [0.25, 0.3) is 0 Å². The summed E-state index contributed by atoms with van der Waals surface area (Å²) in [5.41, 5.74) is 2.44. The number of anilines is 4. The molecule has 4 N–H and O–H groups in total. The van der Waals surface area contributed by atoms with Gasteiger partial charge >= 0.3 is 0 Å². The van der Waals surface area contributed by atoms with Crippen LogP contribution >= 0.6 is 0 Å². The lowest BCUT2D eigenvalue weighted by Gasteiger charge is -2.16. The average Bonchev–Trinajstić information content (AvgIpc) is 3.13. The van der Waals surface area contributed by atoms with Gasteiger partial charge in [-0.3, -0.25) is 14.4 Å². The summed E-state index contributed by atoms with van der Waals surface area (Å²) in [6.45, 7) is 2.03. The number of H-pyrrole nitrogens is 1. The van der Waals surface area contributed by atoms with Crippen LogP contribution in [0.25, 0.3) is 10.9 Å². The van der Waals surface area contributed by atoms with Crippen LogP contribution in [0.3, 0.4) is 0 Å². The van der Waals surface area contributed by atoms with E-state index in [0.29, 0.717) is 28.5 Å². The largest absolute Gasteiger partial charge is 0.760 e. The van der Waals surface area contributed by atoms with E-state index in [9.17, 15) is 4.39 Å². The van der Waals surface area contributed by atoms with E-state index >= 15 is 0 Å². The molecule has 9 nitrogen and oxygen atoms in total. The van der Waals surface area contributed by atoms with Crippen molar-refractivity contribution in [2.75, 3.05) is 17.3 Å². The summed E-state index contributed by atoms with van der Waals surface area (Å²) in [5, 5.41) is 14.9. The minimum Gasteiger partial charge on any atom is -0.760 e. The predicted molar refractivity (Wildman–Crippen MR) is 114 cm³/mol. The second-order valence-electron chi connectivity index (χ2n) is 6.26. The number of halogens is 1. The molecular weight excluding hydrogens is 409 g/mol. The number of nitrogens with zero attached hydrogens (tertiary/aromatic N) is 4. The Morgan fingerprint density at radius 1 is 1.23 bits per heavy atom. The minimum atomic E-state index is -2.36. The normalized spacial score (nSPS) is 11.5. The smallest absolute Gasteiger partial charge is 0.229 e. The molecule has 4 aromatic rings. The van der Waals surface area contributed by atoms with Crippen LogP contribution in [0.1, 0.15) is 5.56 Å². The van der Waals surface area contributed by atoms with Gasteiger partial charge in [-0.2, -0.15) is 10.1 Å². The Bertz CT molecular complexity index is 1180. The van der Waals surface area contributed by atoms with Gasteiger partial charge in [0.05, 0.1) is 0 Å². The van der Waals surface area contributed by atoms with E-state index in [1.54, 1.807) is 23.2 Å². The fraction of sp³-hybridized carbons (Fsp3) is 0.105. The third kappa shape index (κ3) is 5.14. The highest BCUT2D eigenvalue weighted by atomic mass is 32.2. The third-order valence-corrected chi connectivity index (χ3v) is 4.10. The number of nitrogens with one attached hydrogen (secondary N) is 2. The third-order valence-electron chi connectivity index (χ3n) is 4.10. The SMILES string of the molecule is Cc1cccc(Nc2nccc(N(C)c3n[nH]c4c(F)cccc34)n2)c1.NS(=O)[O-]. The number of hydrogen-bond donors (Lipinski definition) is 3. The van der Waals surface area contributed by atoms with E-state index in [4.69, 9.17) is 8.76 Å². The van der Waals surface area contributed by atoms with Crippen molar-refractivity contribution in [2.45, 2.75) is 6.92 Å². The quantitative estimate of drug-likeness (QED) is 0.425. The molecule has 0 aliphatic carbocycles. The summed E-state index contributed by atoms with van der Waals surface area (Å²) in [6, 6.07) is 14.6. The summed E-state index contributed by atoms with van der Waals surface area (Å²) in [4.78, 5) is 10.6. The molecule has 2 aromatic heterocycles. The van der Waals surface area contributed by atoms with Gasteiger partial charge in [-0.1, -0.05) is 18.2 Å². The number of aromatic nitrogens is 4. The first-order valence-electron chi connectivity index (χ1n) is 8.72. The average molecular weight is 428 g/mol. The van der Waals surface area contributed by atoms with Gasteiger partial charge in [0.15, 0.2) is 5.82 Å². The molecule has 0 radical (unpaired) electrons. The maximum absolute atomic E-state index is 13.9. The fourth-order valence-corrected chi connectivity index (χ4v) is 2.81. The second-order valence-corrected chi connectivity index (χ2v) is 6.78. The maximum Gasteiger partial charge on any atom is 0.229 e. The van der Waals surface area contributed by atoms with E-state index in [1.165, 1.54) is 6.07 Å². The van der Waals surface area contributed by atoms with E-state index in [2.05, 4.69) is 30.6 Å². The number of aryl methyl sites for hydroxylation is 1. The van der Waals surface area contributed by atoms with Crippen LogP contribution in [-0.2, 0) is 11.3 Å². The molecule has 2 heterocycles. The van der Waals surface area contributed by atoms with Crippen molar-refractivity contribution >= 4 is 45.4 Å². The van der Waals surface area contributed by atoms with Gasteiger partial charge in [-0.15, -0.1) is 0 Å². The number of nitrogens with two attached hydrogens (primary N) is 1. The molecule has 0 saturated carbocycles. The Morgan fingerprint density at radius 2 is 1.97 bits per heavy atom. The summed E-state index contributed by atoms with van der Waals surface area (Å²) < 4.78 is 31.4. The summed E-state index contributed by atoms with van der Waals surface area (Å²) in [6.07, 6.45) is 1.67. The molecule has 11 heteroatoms. The number of aromatic amines is 1. The van der Waals surface area contributed by atoms with Gasteiger partial charge in [0.1, 0.15) is 17.2 Å². The number of para-hydroxylation sites is 1. The van der Waals surface area contributed by atoms with E-state index < -0.39 is 11.3 Å². The molecule has 0 saturated heterocycles. The standard InChI is InChI=1S/C19H17FN6.H3NO2S/c1-12-5-3-6-13(11-12)22-19-21-10-9-16(23-19)26(2)18-14-7-4-8-15(20)17(14)24-25-18;1-4(2)3/h3-11H,1-2H3,(H,24,25)(H,21,22,23);1H2,(H,2,3)/p-1. The molecule has 2 aromatic carbocycles. The van der Waals surface area contributed by atoms with Crippen molar-refractivity contribution in [1.82, 2.24) is 20.2 Å². The first-order valence-corrected chi connectivity index (χ1v) is 9.85. The molecule has 0 aliphatic rings. The Hall–Kier alpha value is -3.41. The van der Waals surface area contributed by atoms with Crippen molar-refractivity contribution in [1.29, 1.82) is 0 Å². The molecule has 0 fully saturated rings. The van der Waals surface area contributed by atoms with E-state index in [0.717, 1.165) is 11.3 Å². The zero-order chi connectivity index (χ0) is 21.7. The monoisotopic (exact) mass is 428 g/mol. The number of hydrogen-bond acceptors (Lipinski definition) is 7. The van der Waals surface area contributed by atoms with Crippen LogP contribution in [0.5, 0.6) is 0 Å². The maximum atomic E-state index is 13.9. The number of fused-ring (bicyclic) bond motifs is 1. The highest BCUT2D eigenvalue weighted by Gasteiger charge is 2.15. The lowest BCUT2D eigenvalue weighted by Crippen LogP contribution is -2.13. The fourth-order valence-electron chi connectivity index (χ4n) is 2.81. The van der Waals surface area contributed by atoms with Gasteiger partial charge in [-0.25, -0.2) is 9.37 Å². The molecular formula is C19H19FN7O2S-. The van der Waals surface area contributed by atoms with Gasteiger partial charge in [0, 0.05) is 35.6 Å². The van der Waals surface area contributed by atoms with Gasteiger partial charge < -0.3 is 14.8 Å². The van der Waals surface area contributed by atoms with Crippen molar-refractivity contribution in [3.8, 4) is 0 Å². The van der Waals surface area contributed by atoms with Crippen LogP contribution in [0.4, 0.5) is 27.7 Å². The number of rotatable bonds is 4. The van der Waals surface area contributed by atoms with Crippen LogP contribution in [-0.4, -0.2) is 36.0 Å². The van der Waals surface area contributed by atoms with Crippen molar-refractivity contribution in [3.63, 3.8) is 0 Å². The van der Waals surface area contributed by atoms with Crippen LogP contribution in [0, 0.1) is 12.7 Å². The Labute approximate surface area is 174 Å². The molecule has 1 unspecified atom stereocenters. The lowest BCUT2D eigenvalue weighted by molar-refractivity contribution is 0.538. The van der Waals surface area contributed by atoms with Crippen molar-refractivity contribution < 1.29 is 13.2 Å². The zero-order valence-electron chi connectivity index (χ0n) is 16.2. The molecule has 0 amide bonds. The molecule has 4 rings (SSSR count).